The van der Waals surface area contributed by atoms with Crippen molar-refractivity contribution >= 4 is 11.9 Å². The molecule has 0 saturated carbocycles. The van der Waals surface area contributed by atoms with Crippen LogP contribution >= 0.6 is 0 Å². The average molecular weight is 296 g/mol. The number of nitrogens with one attached hydrogen (secondary N) is 1. The van der Waals surface area contributed by atoms with E-state index in [4.69, 9.17) is 4.74 Å². The van der Waals surface area contributed by atoms with Crippen LogP contribution < -0.4 is 5.32 Å². The van der Waals surface area contributed by atoms with Crippen LogP contribution in [0, 0.1) is 5.95 Å². The number of aromatic nitrogens is 1. The Morgan fingerprint density at radius 2 is 2.05 bits per heavy atom. The van der Waals surface area contributed by atoms with Crippen LogP contribution in [-0.2, 0) is 9.53 Å². The van der Waals surface area contributed by atoms with Gasteiger partial charge in [0.2, 0.25) is 5.95 Å². The SMILES string of the molecule is CCOC(=O)CCCCCCNC(=O)c1ccnc(F)c1. The van der Waals surface area contributed by atoms with E-state index in [0.717, 1.165) is 31.7 Å². The van der Waals surface area contributed by atoms with E-state index in [2.05, 4.69) is 10.3 Å². The lowest BCUT2D eigenvalue weighted by molar-refractivity contribution is -0.143. The van der Waals surface area contributed by atoms with Gasteiger partial charge in [-0.2, -0.15) is 4.39 Å². The van der Waals surface area contributed by atoms with Crippen LogP contribution in [0.25, 0.3) is 0 Å². The highest BCUT2D eigenvalue weighted by molar-refractivity contribution is 5.93. The summed E-state index contributed by atoms with van der Waals surface area (Å²) >= 11 is 0. The van der Waals surface area contributed by atoms with Crippen molar-refractivity contribution in [3.8, 4) is 0 Å². The molecule has 0 spiro atoms. The maximum atomic E-state index is 12.8. The van der Waals surface area contributed by atoms with Crippen LogP contribution in [-0.4, -0.2) is 30.0 Å². The van der Waals surface area contributed by atoms with Gasteiger partial charge in [0.25, 0.3) is 5.91 Å². The highest BCUT2D eigenvalue weighted by atomic mass is 19.1. The van der Waals surface area contributed by atoms with E-state index >= 15 is 0 Å². The van der Waals surface area contributed by atoms with Crippen LogP contribution in [0.5, 0.6) is 0 Å². The lowest BCUT2D eigenvalue weighted by Crippen LogP contribution is -2.24. The minimum Gasteiger partial charge on any atom is -0.466 e. The molecule has 0 bridgehead atoms. The van der Waals surface area contributed by atoms with Crippen LogP contribution in [0.15, 0.2) is 18.3 Å². The van der Waals surface area contributed by atoms with Crippen LogP contribution in [0.2, 0.25) is 0 Å². The molecule has 0 unspecified atom stereocenters. The lowest BCUT2D eigenvalue weighted by atomic mass is 10.1. The summed E-state index contributed by atoms with van der Waals surface area (Å²) in [6.07, 6.45) is 5.16. The Balaban J connectivity index is 2.06. The van der Waals surface area contributed by atoms with E-state index in [1.807, 2.05) is 0 Å². The molecule has 1 aromatic heterocycles. The number of unbranched alkanes of at least 4 members (excludes halogenated alkanes) is 3. The molecule has 1 N–H and O–H groups in total. The van der Waals surface area contributed by atoms with E-state index in [0.29, 0.717) is 19.6 Å². The minimum atomic E-state index is -0.665. The Kier molecular flexibility index (Phi) is 8.01. The van der Waals surface area contributed by atoms with Crippen molar-refractivity contribution in [2.24, 2.45) is 0 Å². The van der Waals surface area contributed by atoms with Crippen molar-refractivity contribution in [1.29, 1.82) is 0 Å². The van der Waals surface area contributed by atoms with Gasteiger partial charge in [0, 0.05) is 30.8 Å². The minimum absolute atomic E-state index is 0.162. The first-order valence-corrected chi connectivity index (χ1v) is 7.19. The zero-order valence-electron chi connectivity index (χ0n) is 12.2. The zero-order chi connectivity index (χ0) is 15.5. The van der Waals surface area contributed by atoms with E-state index < -0.39 is 5.95 Å². The molecule has 0 aliphatic rings. The fraction of sp³-hybridized carbons (Fsp3) is 0.533. The van der Waals surface area contributed by atoms with Gasteiger partial charge in [0.1, 0.15) is 0 Å². The van der Waals surface area contributed by atoms with E-state index in [1.165, 1.54) is 12.3 Å². The van der Waals surface area contributed by atoms with Crippen molar-refractivity contribution in [1.82, 2.24) is 10.3 Å². The fourth-order valence-electron chi connectivity index (χ4n) is 1.83. The maximum Gasteiger partial charge on any atom is 0.305 e. The topological polar surface area (TPSA) is 68.3 Å². The molecule has 6 heteroatoms. The molecule has 1 heterocycles. The van der Waals surface area contributed by atoms with Gasteiger partial charge in [-0.05, 0) is 25.8 Å². The van der Waals surface area contributed by atoms with Gasteiger partial charge >= 0.3 is 5.97 Å². The third-order valence-electron chi connectivity index (χ3n) is 2.89. The monoisotopic (exact) mass is 296 g/mol. The first-order chi connectivity index (χ1) is 10.1. The average Bonchev–Trinajstić information content (AvgIpc) is 2.46. The Hall–Kier alpha value is -1.98. The van der Waals surface area contributed by atoms with Crippen molar-refractivity contribution in [3.63, 3.8) is 0 Å². The summed E-state index contributed by atoms with van der Waals surface area (Å²) in [5.74, 6) is -1.13. The summed E-state index contributed by atoms with van der Waals surface area (Å²) < 4.78 is 17.7. The normalized spacial score (nSPS) is 10.2. The molecule has 0 aliphatic heterocycles. The number of ether oxygens (including phenoxy) is 1. The molecule has 0 aliphatic carbocycles. The summed E-state index contributed by atoms with van der Waals surface area (Å²) in [6, 6.07) is 2.58. The van der Waals surface area contributed by atoms with Crippen LogP contribution in [0.1, 0.15) is 49.4 Å². The summed E-state index contributed by atoms with van der Waals surface area (Å²) in [5.41, 5.74) is 0.268. The molecule has 0 aromatic carbocycles. The maximum absolute atomic E-state index is 12.8. The van der Waals surface area contributed by atoms with E-state index in [1.54, 1.807) is 6.92 Å². The molecule has 0 saturated heterocycles. The highest BCUT2D eigenvalue weighted by Gasteiger charge is 2.06. The molecule has 1 amide bonds. The number of carbonyl (C=O) groups is 2. The second-order valence-electron chi connectivity index (χ2n) is 4.59. The molecule has 0 fully saturated rings. The molecule has 1 rings (SSSR count). The fourth-order valence-corrected chi connectivity index (χ4v) is 1.83. The van der Waals surface area contributed by atoms with Gasteiger partial charge < -0.3 is 10.1 Å². The molecule has 5 nitrogen and oxygen atoms in total. The zero-order valence-corrected chi connectivity index (χ0v) is 12.2. The predicted octanol–water partition coefficient (Wildman–Crippen LogP) is 2.46. The van der Waals surface area contributed by atoms with Gasteiger partial charge in [-0.25, -0.2) is 4.98 Å². The lowest BCUT2D eigenvalue weighted by Gasteiger charge is -2.05. The molecular weight excluding hydrogens is 275 g/mol. The molecule has 0 radical (unpaired) electrons. The second kappa shape index (κ2) is 9.85. The van der Waals surface area contributed by atoms with Crippen LogP contribution in [0.4, 0.5) is 4.39 Å². The Bertz CT molecular complexity index is 466. The first-order valence-electron chi connectivity index (χ1n) is 7.19. The number of nitrogens with zero attached hydrogens (tertiary/aromatic N) is 1. The third-order valence-corrected chi connectivity index (χ3v) is 2.89. The van der Waals surface area contributed by atoms with Gasteiger partial charge in [-0.3, -0.25) is 9.59 Å². The standard InChI is InChI=1S/C15H21FN2O3/c1-2-21-14(19)7-5-3-4-6-9-18-15(20)12-8-10-17-13(16)11-12/h8,10-11H,2-7,9H2,1H3,(H,18,20). The predicted molar refractivity (Wildman–Crippen MR) is 76.2 cm³/mol. The molecular formula is C15H21FN2O3. The smallest absolute Gasteiger partial charge is 0.305 e. The number of esters is 1. The number of hydrogen-bond donors (Lipinski definition) is 1. The molecule has 116 valence electrons. The largest absolute Gasteiger partial charge is 0.466 e. The Labute approximate surface area is 123 Å². The number of rotatable bonds is 9. The van der Waals surface area contributed by atoms with Gasteiger partial charge in [-0.15, -0.1) is 0 Å². The summed E-state index contributed by atoms with van der Waals surface area (Å²) in [6.45, 7) is 2.73. The van der Waals surface area contributed by atoms with E-state index in [9.17, 15) is 14.0 Å². The quantitative estimate of drug-likeness (QED) is 0.432. The first kappa shape index (κ1) is 17.1. The summed E-state index contributed by atoms with van der Waals surface area (Å²) in [4.78, 5) is 26.2. The van der Waals surface area contributed by atoms with Crippen molar-refractivity contribution in [2.75, 3.05) is 13.2 Å². The molecule has 1 aromatic rings. The second-order valence-corrected chi connectivity index (χ2v) is 4.59. The number of carbonyl (C=O) groups excluding carboxylic acids is 2. The van der Waals surface area contributed by atoms with E-state index in [-0.39, 0.29) is 17.4 Å². The summed E-state index contributed by atoms with van der Waals surface area (Å²) in [7, 11) is 0. The number of hydrogen-bond acceptors (Lipinski definition) is 4. The summed E-state index contributed by atoms with van der Waals surface area (Å²) in [5, 5.41) is 2.72. The Morgan fingerprint density at radius 1 is 1.29 bits per heavy atom. The van der Waals surface area contributed by atoms with Crippen molar-refractivity contribution < 1.29 is 18.7 Å². The third kappa shape index (κ3) is 7.39. The molecule has 21 heavy (non-hydrogen) atoms. The van der Waals surface area contributed by atoms with Crippen LogP contribution in [0.3, 0.4) is 0 Å². The number of pyridine rings is 1. The molecule has 0 atom stereocenters. The van der Waals surface area contributed by atoms with Gasteiger partial charge in [-0.1, -0.05) is 12.8 Å². The van der Waals surface area contributed by atoms with Crippen molar-refractivity contribution in [2.45, 2.75) is 39.0 Å². The highest BCUT2D eigenvalue weighted by Crippen LogP contribution is 2.04. The number of amides is 1. The van der Waals surface area contributed by atoms with Gasteiger partial charge in [0.05, 0.1) is 6.61 Å². The van der Waals surface area contributed by atoms with Crippen molar-refractivity contribution in [3.05, 3.63) is 29.8 Å². The number of halogens is 1. The Morgan fingerprint density at radius 3 is 2.76 bits per heavy atom. The van der Waals surface area contributed by atoms with Gasteiger partial charge in [0.15, 0.2) is 0 Å².